The number of nitrogens with zero attached hydrogens (tertiary/aromatic N) is 1. The summed E-state index contributed by atoms with van der Waals surface area (Å²) in [5.41, 5.74) is 0. The SMILES string of the molecule is O=C(O)CCC(NC(=O)CNC(=O)C1CCCN1)C(=O)N1CCCC1C(=O)O. The molecule has 11 nitrogen and oxygen atoms in total. The highest BCUT2D eigenvalue weighted by Crippen LogP contribution is 2.19. The van der Waals surface area contributed by atoms with Gasteiger partial charge in [0.05, 0.1) is 12.6 Å². The van der Waals surface area contributed by atoms with Crippen LogP contribution in [0.15, 0.2) is 0 Å². The van der Waals surface area contributed by atoms with Crippen LogP contribution in [0.1, 0.15) is 38.5 Å². The minimum Gasteiger partial charge on any atom is -0.481 e. The highest BCUT2D eigenvalue weighted by Gasteiger charge is 2.37. The molecule has 0 aromatic carbocycles. The summed E-state index contributed by atoms with van der Waals surface area (Å²) in [5, 5.41) is 26.0. The molecule has 2 saturated heterocycles. The number of nitrogens with one attached hydrogen (secondary N) is 3. The van der Waals surface area contributed by atoms with E-state index in [9.17, 15) is 29.1 Å². The zero-order valence-electron chi connectivity index (χ0n) is 15.5. The molecular weight excluding hydrogens is 372 g/mol. The van der Waals surface area contributed by atoms with Crippen molar-refractivity contribution >= 4 is 29.7 Å². The third-order valence-corrected chi connectivity index (χ3v) is 4.90. The van der Waals surface area contributed by atoms with Crippen LogP contribution in [0.25, 0.3) is 0 Å². The zero-order chi connectivity index (χ0) is 20.7. The van der Waals surface area contributed by atoms with Gasteiger partial charge >= 0.3 is 11.9 Å². The first kappa shape index (κ1) is 21.6. The predicted octanol–water partition coefficient (Wildman–Crippen LogP) is -1.72. The number of carboxylic acids is 2. The van der Waals surface area contributed by atoms with Gasteiger partial charge in [0, 0.05) is 13.0 Å². The van der Waals surface area contributed by atoms with Crippen LogP contribution in [0, 0.1) is 0 Å². The molecule has 2 fully saturated rings. The number of carbonyl (C=O) groups is 5. The third-order valence-electron chi connectivity index (χ3n) is 4.90. The monoisotopic (exact) mass is 398 g/mol. The van der Waals surface area contributed by atoms with Crippen molar-refractivity contribution in [3.8, 4) is 0 Å². The van der Waals surface area contributed by atoms with Gasteiger partial charge in [0.15, 0.2) is 0 Å². The van der Waals surface area contributed by atoms with E-state index in [1.54, 1.807) is 0 Å². The molecule has 2 heterocycles. The Morgan fingerprint density at radius 2 is 1.86 bits per heavy atom. The van der Waals surface area contributed by atoms with E-state index in [-0.39, 0.29) is 37.9 Å². The second kappa shape index (κ2) is 10.0. The summed E-state index contributed by atoms with van der Waals surface area (Å²) in [7, 11) is 0. The van der Waals surface area contributed by atoms with Crippen LogP contribution in [0.5, 0.6) is 0 Å². The van der Waals surface area contributed by atoms with Gasteiger partial charge in [-0.1, -0.05) is 0 Å². The Bertz CT molecular complexity index is 633. The molecule has 0 aromatic heterocycles. The standard InChI is InChI=1S/C17H26N4O7/c22-13(9-19-15(25)10-3-1-7-18-10)20-11(5-6-14(23)24)16(26)21-8-2-4-12(21)17(27)28/h10-12,18H,1-9H2,(H,19,25)(H,20,22)(H,23,24)(H,27,28). The lowest BCUT2D eigenvalue weighted by atomic mass is 10.1. The molecule has 0 aliphatic carbocycles. The Balaban J connectivity index is 1.94. The largest absolute Gasteiger partial charge is 0.481 e. The number of hydrogen-bond acceptors (Lipinski definition) is 6. The smallest absolute Gasteiger partial charge is 0.326 e. The minimum atomic E-state index is -1.16. The third kappa shape index (κ3) is 5.91. The zero-order valence-corrected chi connectivity index (χ0v) is 15.5. The maximum absolute atomic E-state index is 12.7. The van der Waals surface area contributed by atoms with E-state index < -0.39 is 35.8 Å². The van der Waals surface area contributed by atoms with Crippen molar-refractivity contribution in [2.45, 2.75) is 56.7 Å². The van der Waals surface area contributed by atoms with Gasteiger partial charge in [0.1, 0.15) is 12.1 Å². The predicted molar refractivity (Wildman–Crippen MR) is 95.2 cm³/mol. The van der Waals surface area contributed by atoms with Crippen molar-refractivity contribution in [1.29, 1.82) is 0 Å². The number of carboxylic acid groups (broad SMARTS) is 2. The number of likely N-dealkylation sites (tertiary alicyclic amines) is 1. The van der Waals surface area contributed by atoms with E-state index in [1.807, 2.05) is 0 Å². The van der Waals surface area contributed by atoms with Gasteiger partial charge in [-0.25, -0.2) is 4.79 Å². The lowest BCUT2D eigenvalue weighted by molar-refractivity contribution is -0.149. The van der Waals surface area contributed by atoms with Crippen molar-refractivity contribution in [3.63, 3.8) is 0 Å². The fourth-order valence-electron chi connectivity index (χ4n) is 3.46. The molecule has 3 unspecified atom stereocenters. The van der Waals surface area contributed by atoms with Crippen LogP contribution in [-0.4, -0.2) is 82.5 Å². The summed E-state index contributed by atoms with van der Waals surface area (Å²) in [6, 6.07) is -2.49. The number of rotatable bonds is 9. The van der Waals surface area contributed by atoms with E-state index in [2.05, 4.69) is 16.0 Å². The molecule has 11 heteroatoms. The molecule has 0 radical (unpaired) electrons. The fraction of sp³-hybridized carbons (Fsp3) is 0.706. The van der Waals surface area contributed by atoms with Gasteiger partial charge in [0.2, 0.25) is 17.7 Å². The number of carbonyl (C=O) groups excluding carboxylic acids is 3. The maximum atomic E-state index is 12.7. The second-order valence-electron chi connectivity index (χ2n) is 6.95. The second-order valence-corrected chi connectivity index (χ2v) is 6.95. The van der Waals surface area contributed by atoms with Crippen molar-refractivity contribution in [3.05, 3.63) is 0 Å². The molecule has 2 aliphatic rings. The molecule has 0 bridgehead atoms. The van der Waals surface area contributed by atoms with Crippen LogP contribution in [0.3, 0.4) is 0 Å². The molecule has 2 aliphatic heterocycles. The van der Waals surface area contributed by atoms with Gasteiger partial charge < -0.3 is 31.1 Å². The first-order valence-corrected chi connectivity index (χ1v) is 9.35. The van der Waals surface area contributed by atoms with E-state index >= 15 is 0 Å². The summed E-state index contributed by atoms with van der Waals surface area (Å²) in [4.78, 5) is 60.2. The highest BCUT2D eigenvalue weighted by molar-refractivity contribution is 5.93. The Morgan fingerprint density at radius 1 is 1.11 bits per heavy atom. The lowest BCUT2D eigenvalue weighted by Crippen LogP contribution is -2.53. The fourth-order valence-corrected chi connectivity index (χ4v) is 3.46. The Hall–Kier alpha value is -2.69. The maximum Gasteiger partial charge on any atom is 0.326 e. The van der Waals surface area contributed by atoms with Gasteiger partial charge in [0.25, 0.3) is 0 Å². The van der Waals surface area contributed by atoms with E-state index in [4.69, 9.17) is 5.11 Å². The first-order chi connectivity index (χ1) is 13.3. The first-order valence-electron chi connectivity index (χ1n) is 9.35. The number of aliphatic carboxylic acids is 2. The molecule has 3 amide bonds. The number of amides is 3. The summed E-state index contributed by atoms with van der Waals surface area (Å²) in [6.07, 6.45) is 1.86. The Labute approximate surface area is 161 Å². The summed E-state index contributed by atoms with van der Waals surface area (Å²) < 4.78 is 0. The van der Waals surface area contributed by atoms with Gasteiger partial charge in [-0.15, -0.1) is 0 Å². The van der Waals surface area contributed by atoms with Crippen LogP contribution in [-0.2, 0) is 24.0 Å². The van der Waals surface area contributed by atoms with Crippen LogP contribution in [0.2, 0.25) is 0 Å². The van der Waals surface area contributed by atoms with Crippen molar-refractivity contribution in [1.82, 2.24) is 20.9 Å². The molecule has 0 spiro atoms. The van der Waals surface area contributed by atoms with Gasteiger partial charge in [-0.2, -0.15) is 0 Å². The summed E-state index contributed by atoms with van der Waals surface area (Å²) in [6.45, 7) is 0.617. The lowest BCUT2D eigenvalue weighted by Gasteiger charge is -2.27. The molecule has 2 rings (SSSR count). The summed E-state index contributed by atoms with van der Waals surface area (Å²) >= 11 is 0. The topological polar surface area (TPSA) is 165 Å². The molecule has 3 atom stereocenters. The molecule has 0 aromatic rings. The van der Waals surface area contributed by atoms with Gasteiger partial charge in [-0.3, -0.25) is 19.2 Å². The van der Waals surface area contributed by atoms with Crippen molar-refractivity contribution < 1.29 is 34.2 Å². The van der Waals surface area contributed by atoms with E-state index in [0.717, 1.165) is 17.9 Å². The van der Waals surface area contributed by atoms with Crippen LogP contribution >= 0.6 is 0 Å². The molecule has 0 saturated carbocycles. The van der Waals surface area contributed by atoms with Crippen molar-refractivity contribution in [2.24, 2.45) is 0 Å². The average Bonchev–Trinajstić information content (AvgIpc) is 3.34. The quantitative estimate of drug-likeness (QED) is 0.306. The van der Waals surface area contributed by atoms with Crippen LogP contribution < -0.4 is 16.0 Å². The molecule has 28 heavy (non-hydrogen) atoms. The Kier molecular flexibility index (Phi) is 7.73. The van der Waals surface area contributed by atoms with Crippen LogP contribution in [0.4, 0.5) is 0 Å². The number of hydrogen-bond donors (Lipinski definition) is 5. The normalized spacial score (nSPS) is 22.5. The summed E-state index contributed by atoms with van der Waals surface area (Å²) in [5.74, 6) is -3.84. The minimum absolute atomic E-state index is 0.166. The van der Waals surface area contributed by atoms with Crippen molar-refractivity contribution in [2.75, 3.05) is 19.6 Å². The highest BCUT2D eigenvalue weighted by atomic mass is 16.4. The Morgan fingerprint density at radius 3 is 2.46 bits per heavy atom. The van der Waals surface area contributed by atoms with Gasteiger partial charge in [-0.05, 0) is 38.6 Å². The van der Waals surface area contributed by atoms with E-state index in [1.165, 1.54) is 0 Å². The molecule has 156 valence electrons. The molecular formula is C17H26N4O7. The molecule has 5 N–H and O–H groups in total. The average molecular weight is 398 g/mol. The van der Waals surface area contributed by atoms with E-state index in [0.29, 0.717) is 19.3 Å².